The van der Waals surface area contributed by atoms with Gasteiger partial charge in [0.15, 0.2) is 0 Å². The summed E-state index contributed by atoms with van der Waals surface area (Å²) in [5, 5.41) is 27.4. The second-order valence-corrected chi connectivity index (χ2v) is 1.57. The second-order valence-electron chi connectivity index (χ2n) is 1.57. The topological polar surface area (TPSA) is 120 Å². The molecule has 0 aliphatic rings. The van der Waals surface area contributed by atoms with Crippen molar-refractivity contribution in [3.63, 3.8) is 0 Å². The van der Waals surface area contributed by atoms with E-state index in [2.05, 4.69) is 19.7 Å². The van der Waals surface area contributed by atoms with E-state index in [1.807, 2.05) is 0 Å². The maximum absolute atomic E-state index is 9.14. The minimum Gasteiger partial charge on any atom is -0.545 e. The van der Waals surface area contributed by atoms with Gasteiger partial charge in [-0.05, 0) is 18.2 Å². The van der Waals surface area contributed by atoms with E-state index in [0.717, 1.165) is 18.2 Å². The molecule has 0 rings (SSSR count). The molecular weight excluding hydrogens is 367 g/mol. The van der Waals surface area contributed by atoms with Crippen LogP contribution in [0.15, 0.2) is 38.0 Å². The monoisotopic (exact) mass is 377 g/mol. The van der Waals surface area contributed by atoms with Crippen LogP contribution in [0.4, 0.5) is 0 Å². The zero-order chi connectivity index (χ0) is 12.9. The van der Waals surface area contributed by atoms with Gasteiger partial charge in [0, 0.05) is 0 Å². The zero-order valence-electron chi connectivity index (χ0n) is 8.12. The average molecular weight is 376 g/mol. The third-order valence-corrected chi connectivity index (χ3v) is 0.500. The van der Waals surface area contributed by atoms with Crippen LogP contribution >= 0.6 is 0 Å². The van der Waals surface area contributed by atoms with E-state index < -0.39 is 17.9 Å². The van der Waals surface area contributed by atoms with Crippen LogP contribution in [0.3, 0.4) is 0 Å². The Bertz CT molecular complexity index is 216. The molecule has 0 amide bonds. The van der Waals surface area contributed by atoms with Crippen LogP contribution in [0.25, 0.3) is 0 Å². The van der Waals surface area contributed by atoms with E-state index in [1.165, 1.54) is 0 Å². The molecule has 0 aliphatic heterocycles. The Hall–Kier alpha value is -1.10. The van der Waals surface area contributed by atoms with Gasteiger partial charge >= 0.3 is 38.2 Å². The summed E-state index contributed by atoms with van der Waals surface area (Å²) >= 11 is 0. The Morgan fingerprint density at radius 1 is 0.688 bits per heavy atom. The molecule has 7 heteroatoms. The molecular formula is C9H9DyO6. The van der Waals surface area contributed by atoms with Gasteiger partial charge in [0.25, 0.3) is 0 Å². The number of rotatable bonds is 3. The van der Waals surface area contributed by atoms with Crippen molar-refractivity contribution >= 4 is 17.9 Å². The zero-order valence-corrected chi connectivity index (χ0v) is 10.1. The third kappa shape index (κ3) is 76.0. The minimum atomic E-state index is -1.23. The van der Waals surface area contributed by atoms with Crippen molar-refractivity contribution in [2.45, 2.75) is 0 Å². The SMILES string of the molecule is C=CC(=O)[O-].C=CC(=O)[O-].C=CC(=O)[O-].[Dy+3]. The molecule has 0 aromatic carbocycles. The summed E-state index contributed by atoms with van der Waals surface area (Å²) in [5.74, 6) is -3.69. The Morgan fingerprint density at radius 2 is 0.750 bits per heavy atom. The Morgan fingerprint density at radius 3 is 0.750 bits per heavy atom. The minimum absolute atomic E-state index is 0. The van der Waals surface area contributed by atoms with Gasteiger partial charge in [-0.3, -0.25) is 0 Å². The standard InChI is InChI=1S/3C3H4O2.Dy/c3*1-2-3(4)5;/h3*2H,1H2,(H,4,5);/q;;;+3/p-3. The van der Waals surface area contributed by atoms with Gasteiger partial charge in [-0.1, -0.05) is 19.7 Å². The van der Waals surface area contributed by atoms with Gasteiger partial charge in [-0.15, -0.1) is 0 Å². The van der Waals surface area contributed by atoms with Crippen LogP contribution in [0.2, 0.25) is 0 Å². The van der Waals surface area contributed by atoms with E-state index in [0.29, 0.717) is 0 Å². The Labute approximate surface area is 123 Å². The fourth-order valence-corrected chi connectivity index (χ4v) is 0. The van der Waals surface area contributed by atoms with Crippen molar-refractivity contribution in [1.29, 1.82) is 0 Å². The number of carbonyl (C=O) groups is 3. The largest absolute Gasteiger partial charge is 3.00 e. The smallest absolute Gasteiger partial charge is 0.545 e. The number of aliphatic carboxylic acids is 3. The molecule has 0 heterocycles. The van der Waals surface area contributed by atoms with E-state index >= 15 is 0 Å². The molecule has 0 saturated heterocycles. The summed E-state index contributed by atoms with van der Waals surface area (Å²) in [5.41, 5.74) is 0. The second kappa shape index (κ2) is 19.5. The Balaban J connectivity index is -0.0000000655. The van der Waals surface area contributed by atoms with Crippen molar-refractivity contribution in [3.05, 3.63) is 38.0 Å². The third-order valence-electron chi connectivity index (χ3n) is 0.500. The summed E-state index contributed by atoms with van der Waals surface area (Å²) in [4.78, 5) is 27.4. The molecule has 0 aromatic heterocycles. The van der Waals surface area contributed by atoms with E-state index in [-0.39, 0.29) is 38.2 Å². The molecule has 0 fully saturated rings. The van der Waals surface area contributed by atoms with Gasteiger partial charge in [-0.25, -0.2) is 0 Å². The fourth-order valence-electron chi connectivity index (χ4n) is 0. The van der Waals surface area contributed by atoms with Gasteiger partial charge in [0.2, 0.25) is 0 Å². The molecule has 91 valence electrons. The molecule has 6 nitrogen and oxygen atoms in total. The maximum Gasteiger partial charge on any atom is 3.00 e. The summed E-state index contributed by atoms with van der Waals surface area (Å²) in [6.07, 6.45) is 2.17. The van der Waals surface area contributed by atoms with Crippen molar-refractivity contribution in [2.75, 3.05) is 0 Å². The summed E-state index contributed by atoms with van der Waals surface area (Å²) in [7, 11) is 0. The van der Waals surface area contributed by atoms with Crippen molar-refractivity contribution in [3.8, 4) is 0 Å². The van der Waals surface area contributed by atoms with Crippen LogP contribution in [0.1, 0.15) is 0 Å². The molecule has 1 radical (unpaired) electrons. The first-order valence-electron chi connectivity index (χ1n) is 3.32. The van der Waals surface area contributed by atoms with Crippen molar-refractivity contribution < 1.29 is 67.9 Å². The normalized spacial score (nSPS) is 6.00. The van der Waals surface area contributed by atoms with Gasteiger partial charge in [0.05, 0.1) is 17.9 Å². The number of hydrogen-bond acceptors (Lipinski definition) is 6. The van der Waals surface area contributed by atoms with Crippen molar-refractivity contribution in [2.24, 2.45) is 0 Å². The molecule has 16 heavy (non-hydrogen) atoms. The molecule has 0 aromatic rings. The molecule has 0 bridgehead atoms. The van der Waals surface area contributed by atoms with Crippen LogP contribution < -0.4 is 15.3 Å². The van der Waals surface area contributed by atoms with Crippen LogP contribution in [-0.2, 0) is 14.4 Å². The average Bonchev–Trinajstić information content (AvgIpc) is 2.19. The van der Waals surface area contributed by atoms with Gasteiger partial charge < -0.3 is 29.7 Å². The molecule has 0 unspecified atom stereocenters. The maximum atomic E-state index is 9.14. The van der Waals surface area contributed by atoms with Crippen LogP contribution in [-0.4, -0.2) is 17.9 Å². The molecule has 0 atom stereocenters. The van der Waals surface area contributed by atoms with Gasteiger partial charge in [0.1, 0.15) is 0 Å². The van der Waals surface area contributed by atoms with Gasteiger partial charge in [-0.2, -0.15) is 0 Å². The number of carboxylic acid groups (broad SMARTS) is 3. The first-order chi connectivity index (χ1) is 6.81. The number of carbonyl (C=O) groups excluding carboxylic acids is 3. The molecule has 0 aliphatic carbocycles. The quantitative estimate of drug-likeness (QED) is 0.478. The van der Waals surface area contributed by atoms with E-state index in [9.17, 15) is 0 Å². The number of carboxylic acids is 3. The molecule has 0 N–H and O–H groups in total. The Kier molecular flexibility index (Phi) is 29.5. The molecule has 0 spiro atoms. The van der Waals surface area contributed by atoms with Crippen LogP contribution in [0, 0.1) is 38.2 Å². The fraction of sp³-hybridized carbons (Fsp3) is 0. The van der Waals surface area contributed by atoms with E-state index in [1.54, 1.807) is 0 Å². The predicted octanol–water partition coefficient (Wildman–Crippen LogP) is -3.23. The predicted molar refractivity (Wildman–Crippen MR) is 45.6 cm³/mol. The van der Waals surface area contributed by atoms with E-state index in [4.69, 9.17) is 29.7 Å². The number of hydrogen-bond donors (Lipinski definition) is 0. The summed E-state index contributed by atoms with van der Waals surface area (Å²) in [6.45, 7) is 8.69. The van der Waals surface area contributed by atoms with Crippen molar-refractivity contribution in [1.82, 2.24) is 0 Å². The first kappa shape index (κ1) is 24.2. The molecule has 0 saturated carbocycles. The first-order valence-corrected chi connectivity index (χ1v) is 3.32. The summed E-state index contributed by atoms with van der Waals surface area (Å²) in [6, 6.07) is 0. The summed E-state index contributed by atoms with van der Waals surface area (Å²) < 4.78 is 0. The van der Waals surface area contributed by atoms with Crippen LogP contribution in [0.5, 0.6) is 0 Å².